The van der Waals surface area contributed by atoms with Crippen molar-refractivity contribution in [3.8, 4) is 17.2 Å². The molecule has 0 amide bonds. The zero-order chi connectivity index (χ0) is 25.9. The van der Waals surface area contributed by atoms with E-state index in [1.54, 1.807) is 12.1 Å². The number of anilines is 1. The summed E-state index contributed by atoms with van der Waals surface area (Å²) in [5.41, 5.74) is 4.94. The van der Waals surface area contributed by atoms with Gasteiger partial charge in [-0.2, -0.15) is 5.11 Å². The number of hydrogen-bond donors (Lipinski definition) is 1. The van der Waals surface area contributed by atoms with Crippen LogP contribution in [0.4, 0.5) is 34.1 Å². The van der Waals surface area contributed by atoms with Crippen LogP contribution in [0.2, 0.25) is 0 Å². The molecule has 3 aromatic rings. The van der Waals surface area contributed by atoms with Gasteiger partial charge in [0.25, 0.3) is 5.69 Å². The third-order valence-corrected chi connectivity index (χ3v) is 6.55. The molecule has 2 heterocycles. The molecular weight excluding hydrogens is 476 g/mol. The molecule has 0 aromatic heterocycles. The molecule has 190 valence electrons. The Morgan fingerprint density at radius 3 is 2.08 bits per heavy atom. The molecule has 0 unspecified atom stereocenters. The van der Waals surface area contributed by atoms with Crippen molar-refractivity contribution in [2.45, 2.75) is 25.7 Å². The van der Waals surface area contributed by atoms with Crippen LogP contribution in [0.25, 0.3) is 0 Å². The second kappa shape index (κ2) is 10.2. The van der Waals surface area contributed by atoms with Crippen molar-refractivity contribution in [2.75, 3.05) is 32.2 Å². The van der Waals surface area contributed by atoms with Gasteiger partial charge in [-0.15, -0.1) is 15.3 Å². The number of hydrogen-bond acceptors (Lipinski definition) is 10. The smallest absolute Gasteiger partial charge is 0.269 e. The number of azo groups is 2. The Morgan fingerprint density at radius 1 is 0.865 bits per heavy atom. The highest BCUT2D eigenvalue weighted by molar-refractivity contribution is 5.74. The molecular formula is C26H26N6O5. The first-order valence-corrected chi connectivity index (χ1v) is 11.9. The Balaban J connectivity index is 1.45. The normalized spacial score (nSPS) is 14.7. The molecule has 0 aliphatic carbocycles. The number of aryl methyl sites for hydroxylation is 1. The molecule has 0 atom stereocenters. The number of ether oxygens (including phenoxy) is 2. The summed E-state index contributed by atoms with van der Waals surface area (Å²) in [6, 6.07) is 10.9. The predicted octanol–water partition coefficient (Wildman–Crippen LogP) is 6.85. The molecule has 37 heavy (non-hydrogen) atoms. The Morgan fingerprint density at radius 2 is 1.46 bits per heavy atom. The van der Waals surface area contributed by atoms with Crippen LogP contribution >= 0.6 is 0 Å². The fraction of sp³-hybridized carbons (Fsp3) is 0.308. The number of rotatable bonds is 7. The van der Waals surface area contributed by atoms with Crippen LogP contribution in [0.15, 0.2) is 62.9 Å². The molecule has 0 fully saturated rings. The van der Waals surface area contributed by atoms with Gasteiger partial charge in [-0.05, 0) is 49.4 Å². The van der Waals surface area contributed by atoms with Gasteiger partial charge < -0.3 is 19.5 Å². The molecule has 0 bridgehead atoms. The van der Waals surface area contributed by atoms with Crippen LogP contribution in [0.3, 0.4) is 0 Å². The number of aromatic hydroxyl groups is 1. The lowest BCUT2D eigenvalue weighted by Gasteiger charge is -2.37. The van der Waals surface area contributed by atoms with Gasteiger partial charge in [0, 0.05) is 48.6 Å². The maximum atomic E-state index is 11.0. The molecule has 2 aliphatic heterocycles. The SMILES string of the molecule is COc1cc(/N=N/c2cc3c4c(c2O)CCCN4CCC3)c(OC)cc1/N=N/c1ccc([N+](=O)[O-])cc1. The first kappa shape index (κ1) is 24.2. The van der Waals surface area contributed by atoms with E-state index >= 15 is 0 Å². The van der Waals surface area contributed by atoms with Crippen LogP contribution in [0.1, 0.15) is 24.0 Å². The van der Waals surface area contributed by atoms with Gasteiger partial charge in [0.2, 0.25) is 0 Å². The van der Waals surface area contributed by atoms with E-state index in [-0.39, 0.29) is 11.4 Å². The first-order chi connectivity index (χ1) is 18.0. The van der Waals surface area contributed by atoms with Gasteiger partial charge in [0.1, 0.15) is 34.3 Å². The number of methoxy groups -OCH3 is 2. The molecule has 0 spiro atoms. The summed E-state index contributed by atoms with van der Waals surface area (Å²) in [7, 11) is 3.01. The van der Waals surface area contributed by atoms with Crippen molar-refractivity contribution >= 4 is 34.1 Å². The van der Waals surface area contributed by atoms with Crippen LogP contribution in [0.5, 0.6) is 17.2 Å². The molecule has 11 nitrogen and oxygen atoms in total. The number of nitrogens with zero attached hydrogens (tertiary/aromatic N) is 6. The van der Waals surface area contributed by atoms with Crippen molar-refractivity contribution in [3.63, 3.8) is 0 Å². The van der Waals surface area contributed by atoms with E-state index in [4.69, 9.17) is 9.47 Å². The van der Waals surface area contributed by atoms with Gasteiger partial charge in [-0.25, -0.2) is 0 Å². The van der Waals surface area contributed by atoms with Crippen molar-refractivity contribution in [1.29, 1.82) is 0 Å². The summed E-state index contributed by atoms with van der Waals surface area (Å²) in [6.45, 7) is 2.04. The second-order valence-electron chi connectivity index (χ2n) is 8.79. The average Bonchev–Trinajstić information content (AvgIpc) is 2.93. The summed E-state index contributed by atoms with van der Waals surface area (Å²) in [6.07, 6.45) is 3.85. The van der Waals surface area contributed by atoms with E-state index in [9.17, 15) is 15.2 Å². The van der Waals surface area contributed by atoms with E-state index in [1.807, 2.05) is 6.07 Å². The van der Waals surface area contributed by atoms with E-state index in [0.29, 0.717) is 34.2 Å². The lowest BCUT2D eigenvalue weighted by atomic mass is 9.90. The summed E-state index contributed by atoms with van der Waals surface area (Å²) in [5, 5.41) is 38.9. The van der Waals surface area contributed by atoms with E-state index < -0.39 is 4.92 Å². The third kappa shape index (κ3) is 4.80. The Bertz CT molecular complexity index is 1400. The summed E-state index contributed by atoms with van der Waals surface area (Å²) < 4.78 is 11.0. The van der Waals surface area contributed by atoms with Gasteiger partial charge >= 0.3 is 0 Å². The summed E-state index contributed by atoms with van der Waals surface area (Å²) in [4.78, 5) is 12.7. The minimum Gasteiger partial charge on any atom is -0.505 e. The van der Waals surface area contributed by atoms with E-state index in [0.717, 1.165) is 50.0 Å². The standard InChI is InChI=1S/C26H26N6O5/c1-36-23-15-21(24(37-2)14-20(23)28-27-17-7-9-18(10-8-17)32(34)35)29-30-22-13-16-5-3-11-31-12-4-6-19(25(16)31)26(22)33/h7-10,13-15,33H,3-6,11-12H2,1-2H3/b28-27+,30-29+. The molecule has 0 saturated carbocycles. The molecule has 11 heteroatoms. The number of phenols is 1. The fourth-order valence-corrected chi connectivity index (χ4v) is 4.78. The number of non-ortho nitro benzene ring substituents is 1. The molecule has 5 rings (SSSR count). The molecule has 2 aliphatic rings. The minimum atomic E-state index is -0.476. The fourth-order valence-electron chi connectivity index (χ4n) is 4.78. The van der Waals surface area contributed by atoms with Crippen molar-refractivity contribution < 1.29 is 19.5 Å². The van der Waals surface area contributed by atoms with Crippen molar-refractivity contribution in [2.24, 2.45) is 20.5 Å². The average molecular weight is 503 g/mol. The molecule has 0 saturated heterocycles. The third-order valence-electron chi connectivity index (χ3n) is 6.55. The van der Waals surface area contributed by atoms with Crippen LogP contribution in [-0.4, -0.2) is 37.3 Å². The maximum Gasteiger partial charge on any atom is 0.269 e. The highest BCUT2D eigenvalue weighted by Crippen LogP contribution is 2.46. The van der Waals surface area contributed by atoms with Gasteiger partial charge in [0.15, 0.2) is 0 Å². The topological polar surface area (TPSA) is 135 Å². The zero-order valence-electron chi connectivity index (χ0n) is 20.5. The first-order valence-electron chi connectivity index (χ1n) is 11.9. The van der Waals surface area contributed by atoms with Gasteiger partial charge in [-0.1, -0.05) is 0 Å². The van der Waals surface area contributed by atoms with Crippen molar-refractivity contribution in [1.82, 2.24) is 0 Å². The zero-order valence-corrected chi connectivity index (χ0v) is 20.5. The molecule has 0 radical (unpaired) electrons. The Kier molecular flexibility index (Phi) is 6.67. The Hall–Kier alpha value is -4.54. The van der Waals surface area contributed by atoms with Gasteiger partial charge in [-0.3, -0.25) is 10.1 Å². The lowest BCUT2D eigenvalue weighted by Crippen LogP contribution is -2.34. The number of phenolic OH excluding ortho intramolecular Hbond substituents is 1. The van der Waals surface area contributed by atoms with Crippen molar-refractivity contribution in [3.05, 3.63) is 63.7 Å². The number of benzene rings is 3. The summed E-state index contributed by atoms with van der Waals surface area (Å²) >= 11 is 0. The molecule has 3 aromatic carbocycles. The monoisotopic (exact) mass is 502 g/mol. The second-order valence-corrected chi connectivity index (χ2v) is 8.79. The minimum absolute atomic E-state index is 0.0282. The largest absolute Gasteiger partial charge is 0.505 e. The Labute approximate surface area is 213 Å². The van der Waals surface area contributed by atoms with E-state index in [2.05, 4.69) is 25.4 Å². The van der Waals surface area contributed by atoms with E-state index in [1.165, 1.54) is 44.0 Å². The summed E-state index contributed by atoms with van der Waals surface area (Å²) in [5.74, 6) is 0.960. The lowest BCUT2D eigenvalue weighted by molar-refractivity contribution is -0.384. The number of nitro groups is 1. The maximum absolute atomic E-state index is 11.0. The van der Waals surface area contributed by atoms with Gasteiger partial charge in [0.05, 0.1) is 24.8 Å². The van der Waals surface area contributed by atoms with Crippen LogP contribution < -0.4 is 14.4 Å². The van der Waals surface area contributed by atoms with Crippen LogP contribution in [-0.2, 0) is 12.8 Å². The number of nitro benzene ring substituents is 1. The quantitative estimate of drug-likeness (QED) is 0.213. The van der Waals surface area contributed by atoms with Crippen LogP contribution in [0, 0.1) is 10.1 Å². The highest BCUT2D eigenvalue weighted by atomic mass is 16.6. The highest BCUT2D eigenvalue weighted by Gasteiger charge is 2.27. The molecule has 1 N–H and O–H groups in total. The predicted molar refractivity (Wildman–Crippen MR) is 138 cm³/mol.